The SMILES string of the molecule is CCOC(=O)c1sc(C(C)NC(=O)N2CCC(C)(C(=O)O)C2)nc1C. The molecule has 2 amide bonds. The molecule has 0 spiro atoms. The number of esters is 1. The third kappa shape index (κ3) is 4.09. The fourth-order valence-electron chi connectivity index (χ4n) is 2.64. The fraction of sp³-hybridized carbons (Fsp3) is 0.625. The number of aryl methyl sites for hydroxylation is 1. The molecule has 1 aromatic heterocycles. The molecule has 2 N–H and O–H groups in total. The lowest BCUT2D eigenvalue weighted by Crippen LogP contribution is -2.41. The number of amides is 2. The van der Waals surface area contributed by atoms with Crippen LogP contribution in [0.5, 0.6) is 0 Å². The maximum absolute atomic E-state index is 12.4. The van der Waals surface area contributed by atoms with Crippen LogP contribution in [0, 0.1) is 12.3 Å². The number of carboxylic acid groups (broad SMARTS) is 1. The number of carbonyl (C=O) groups is 3. The summed E-state index contributed by atoms with van der Waals surface area (Å²) < 4.78 is 4.99. The van der Waals surface area contributed by atoms with Crippen LogP contribution in [-0.2, 0) is 9.53 Å². The van der Waals surface area contributed by atoms with Crippen molar-refractivity contribution in [3.63, 3.8) is 0 Å². The number of urea groups is 1. The van der Waals surface area contributed by atoms with Gasteiger partial charge in [-0.1, -0.05) is 0 Å². The molecule has 138 valence electrons. The molecular formula is C16H23N3O5S. The predicted molar refractivity (Wildman–Crippen MR) is 91.7 cm³/mol. The van der Waals surface area contributed by atoms with E-state index >= 15 is 0 Å². The second kappa shape index (κ2) is 7.38. The van der Waals surface area contributed by atoms with Gasteiger partial charge in [-0.3, -0.25) is 4.79 Å². The van der Waals surface area contributed by atoms with Crippen LogP contribution in [-0.4, -0.2) is 52.7 Å². The lowest BCUT2D eigenvalue weighted by Gasteiger charge is -2.22. The molecule has 9 heteroatoms. The van der Waals surface area contributed by atoms with Crippen LogP contribution in [0.25, 0.3) is 0 Å². The minimum atomic E-state index is -0.907. The van der Waals surface area contributed by atoms with Gasteiger partial charge < -0.3 is 20.1 Å². The van der Waals surface area contributed by atoms with Gasteiger partial charge in [-0.2, -0.15) is 0 Å². The van der Waals surface area contributed by atoms with Crippen LogP contribution in [0.4, 0.5) is 4.79 Å². The first-order valence-corrected chi connectivity index (χ1v) is 8.93. The highest BCUT2D eigenvalue weighted by Gasteiger charge is 2.42. The monoisotopic (exact) mass is 369 g/mol. The van der Waals surface area contributed by atoms with Gasteiger partial charge in [0, 0.05) is 13.1 Å². The van der Waals surface area contributed by atoms with Gasteiger partial charge in [0.1, 0.15) is 9.88 Å². The molecule has 1 saturated heterocycles. The zero-order chi connectivity index (χ0) is 18.8. The number of likely N-dealkylation sites (tertiary alicyclic amines) is 1. The minimum Gasteiger partial charge on any atom is -0.481 e. The second-order valence-corrected chi connectivity index (χ2v) is 7.43. The summed E-state index contributed by atoms with van der Waals surface area (Å²) in [5, 5.41) is 12.7. The average molecular weight is 369 g/mol. The number of aliphatic carboxylic acids is 1. The maximum atomic E-state index is 12.4. The van der Waals surface area contributed by atoms with E-state index in [0.717, 1.165) is 0 Å². The van der Waals surface area contributed by atoms with E-state index in [2.05, 4.69) is 10.3 Å². The van der Waals surface area contributed by atoms with Crippen molar-refractivity contribution in [2.45, 2.75) is 40.2 Å². The van der Waals surface area contributed by atoms with Gasteiger partial charge in [-0.15, -0.1) is 11.3 Å². The third-order valence-electron chi connectivity index (χ3n) is 4.26. The number of carbonyl (C=O) groups excluding carboxylic acids is 2. The third-order valence-corrected chi connectivity index (χ3v) is 5.58. The first kappa shape index (κ1) is 19.2. The summed E-state index contributed by atoms with van der Waals surface area (Å²) in [6.45, 7) is 7.73. The molecule has 25 heavy (non-hydrogen) atoms. The second-order valence-electron chi connectivity index (χ2n) is 6.40. The van der Waals surface area contributed by atoms with Crippen molar-refractivity contribution in [1.29, 1.82) is 0 Å². The number of hydrogen-bond donors (Lipinski definition) is 2. The Bertz CT molecular complexity index is 689. The molecule has 0 bridgehead atoms. The maximum Gasteiger partial charge on any atom is 0.350 e. The molecule has 2 rings (SSSR count). The topological polar surface area (TPSA) is 109 Å². The van der Waals surface area contributed by atoms with Gasteiger partial charge in [0.15, 0.2) is 0 Å². The Hall–Kier alpha value is -2.16. The molecule has 0 aliphatic carbocycles. The van der Waals surface area contributed by atoms with E-state index in [4.69, 9.17) is 4.74 Å². The summed E-state index contributed by atoms with van der Waals surface area (Å²) in [6, 6.07) is -0.723. The highest BCUT2D eigenvalue weighted by Crippen LogP contribution is 2.30. The lowest BCUT2D eigenvalue weighted by molar-refractivity contribution is -0.147. The highest BCUT2D eigenvalue weighted by atomic mass is 32.1. The van der Waals surface area contributed by atoms with Crippen LogP contribution in [0.2, 0.25) is 0 Å². The molecule has 1 aliphatic rings. The molecule has 2 heterocycles. The van der Waals surface area contributed by atoms with Gasteiger partial charge in [0.05, 0.1) is 23.8 Å². The Morgan fingerprint density at radius 3 is 2.72 bits per heavy atom. The Balaban J connectivity index is 2.02. The Morgan fingerprint density at radius 2 is 2.16 bits per heavy atom. The van der Waals surface area contributed by atoms with Gasteiger partial charge >= 0.3 is 18.0 Å². The van der Waals surface area contributed by atoms with E-state index in [1.807, 2.05) is 0 Å². The highest BCUT2D eigenvalue weighted by molar-refractivity contribution is 7.13. The molecule has 1 aliphatic heterocycles. The standard InChI is InChI=1S/C16H23N3O5S/c1-5-24-13(20)11-9(2)17-12(25-11)10(3)18-15(23)19-7-6-16(4,8-19)14(21)22/h10H,5-8H2,1-4H3,(H,18,23)(H,21,22). The van der Waals surface area contributed by atoms with Crippen LogP contribution < -0.4 is 5.32 Å². The van der Waals surface area contributed by atoms with E-state index in [1.165, 1.54) is 16.2 Å². The van der Waals surface area contributed by atoms with Crippen molar-refractivity contribution in [2.24, 2.45) is 5.41 Å². The number of ether oxygens (including phenoxy) is 1. The summed E-state index contributed by atoms with van der Waals surface area (Å²) >= 11 is 1.19. The molecule has 0 aromatic carbocycles. The molecule has 0 radical (unpaired) electrons. The summed E-state index contributed by atoms with van der Waals surface area (Å²) in [4.78, 5) is 41.8. The van der Waals surface area contributed by atoms with Crippen molar-refractivity contribution in [2.75, 3.05) is 19.7 Å². The lowest BCUT2D eigenvalue weighted by atomic mass is 9.90. The summed E-state index contributed by atoms with van der Waals surface area (Å²) in [5.41, 5.74) is -0.339. The van der Waals surface area contributed by atoms with E-state index in [-0.39, 0.29) is 19.2 Å². The first-order valence-electron chi connectivity index (χ1n) is 8.11. The Labute approximate surface area is 150 Å². The van der Waals surface area contributed by atoms with Gasteiger partial charge in [0.25, 0.3) is 0 Å². The molecule has 0 saturated carbocycles. The zero-order valence-electron chi connectivity index (χ0n) is 14.8. The number of thiazole rings is 1. The fourth-order valence-corrected chi connectivity index (χ4v) is 3.60. The van der Waals surface area contributed by atoms with Crippen LogP contribution in [0.15, 0.2) is 0 Å². The van der Waals surface area contributed by atoms with Gasteiger partial charge in [-0.05, 0) is 34.1 Å². The number of nitrogens with zero attached hydrogens (tertiary/aromatic N) is 2. The largest absolute Gasteiger partial charge is 0.481 e. The van der Waals surface area contributed by atoms with E-state index < -0.39 is 23.4 Å². The number of carboxylic acids is 1. The van der Waals surface area contributed by atoms with Crippen molar-refractivity contribution in [3.05, 3.63) is 15.6 Å². The normalized spacial score (nSPS) is 21.0. The van der Waals surface area contributed by atoms with E-state index in [0.29, 0.717) is 28.5 Å². The van der Waals surface area contributed by atoms with Gasteiger partial charge in [0.2, 0.25) is 0 Å². The molecule has 8 nitrogen and oxygen atoms in total. The number of nitrogens with one attached hydrogen (secondary N) is 1. The molecule has 1 aromatic rings. The molecule has 2 atom stereocenters. The Morgan fingerprint density at radius 1 is 1.48 bits per heavy atom. The van der Waals surface area contributed by atoms with Crippen LogP contribution >= 0.6 is 11.3 Å². The first-order chi connectivity index (χ1) is 11.7. The smallest absolute Gasteiger partial charge is 0.350 e. The quantitative estimate of drug-likeness (QED) is 0.770. The van der Waals surface area contributed by atoms with Crippen LogP contribution in [0.1, 0.15) is 53.6 Å². The average Bonchev–Trinajstić information content (AvgIpc) is 3.12. The van der Waals surface area contributed by atoms with Crippen molar-refractivity contribution in [1.82, 2.24) is 15.2 Å². The zero-order valence-corrected chi connectivity index (χ0v) is 15.6. The summed E-state index contributed by atoms with van der Waals surface area (Å²) in [7, 11) is 0. The van der Waals surface area contributed by atoms with Crippen molar-refractivity contribution < 1.29 is 24.2 Å². The molecular weight excluding hydrogens is 346 g/mol. The molecule has 1 fully saturated rings. The number of rotatable bonds is 5. The molecule has 2 unspecified atom stereocenters. The summed E-state index contributed by atoms with van der Waals surface area (Å²) in [5.74, 6) is -1.32. The van der Waals surface area contributed by atoms with Crippen LogP contribution in [0.3, 0.4) is 0 Å². The van der Waals surface area contributed by atoms with E-state index in [1.54, 1.807) is 27.7 Å². The summed E-state index contributed by atoms with van der Waals surface area (Å²) in [6.07, 6.45) is 0.424. The predicted octanol–water partition coefficient (Wildman–Crippen LogP) is 2.20. The van der Waals surface area contributed by atoms with Crippen molar-refractivity contribution >= 4 is 29.3 Å². The number of aromatic nitrogens is 1. The van der Waals surface area contributed by atoms with Crippen molar-refractivity contribution in [3.8, 4) is 0 Å². The Kier molecular flexibility index (Phi) is 5.66. The minimum absolute atomic E-state index is 0.172. The number of hydrogen-bond acceptors (Lipinski definition) is 6. The van der Waals surface area contributed by atoms with Gasteiger partial charge in [-0.25, -0.2) is 14.6 Å². The van der Waals surface area contributed by atoms with E-state index in [9.17, 15) is 19.5 Å².